The molecule has 2 rings (SSSR count). The molecule has 0 aliphatic carbocycles. The van der Waals surface area contributed by atoms with Gasteiger partial charge in [-0.15, -0.1) is 0 Å². The van der Waals surface area contributed by atoms with Gasteiger partial charge in [-0.2, -0.15) is 0 Å². The molecule has 2 fully saturated rings. The van der Waals surface area contributed by atoms with Crippen LogP contribution in [0, 0.1) is 11.3 Å². The molecular weight excluding hydrogens is 262 g/mol. The zero-order chi connectivity index (χ0) is 13.9. The summed E-state index contributed by atoms with van der Waals surface area (Å²) >= 11 is 5.12. The zero-order valence-electron chi connectivity index (χ0n) is 11.5. The zero-order valence-corrected chi connectivity index (χ0v) is 12.3. The predicted octanol–water partition coefficient (Wildman–Crippen LogP) is 0.137. The highest BCUT2D eigenvalue weighted by molar-refractivity contribution is 7.80. The number of ether oxygens (including phenoxy) is 1. The van der Waals surface area contributed by atoms with E-state index in [1.165, 1.54) is 0 Å². The number of rotatable bonds is 4. The second kappa shape index (κ2) is 6.15. The highest BCUT2D eigenvalue weighted by Crippen LogP contribution is 2.31. The first-order valence-electron chi connectivity index (χ1n) is 6.89. The Labute approximate surface area is 119 Å². The van der Waals surface area contributed by atoms with Crippen molar-refractivity contribution in [3.05, 3.63) is 0 Å². The van der Waals surface area contributed by atoms with Gasteiger partial charge < -0.3 is 20.7 Å². The molecule has 6 heteroatoms. The Morgan fingerprint density at radius 1 is 1.53 bits per heavy atom. The van der Waals surface area contributed by atoms with Crippen molar-refractivity contribution in [2.24, 2.45) is 17.1 Å². The summed E-state index contributed by atoms with van der Waals surface area (Å²) < 4.78 is 5.32. The largest absolute Gasteiger partial charge is 0.392 e. The summed E-state index contributed by atoms with van der Waals surface area (Å²) in [4.78, 5) is 15.0. The monoisotopic (exact) mass is 285 g/mol. The van der Waals surface area contributed by atoms with Gasteiger partial charge in [-0.25, -0.2) is 0 Å². The van der Waals surface area contributed by atoms with Gasteiger partial charge in [-0.1, -0.05) is 12.2 Å². The van der Waals surface area contributed by atoms with Crippen LogP contribution in [0.2, 0.25) is 0 Å². The molecular formula is C13H23N3O2S. The van der Waals surface area contributed by atoms with E-state index >= 15 is 0 Å². The Morgan fingerprint density at radius 2 is 2.21 bits per heavy atom. The fourth-order valence-electron chi connectivity index (χ4n) is 2.90. The molecule has 108 valence electrons. The van der Waals surface area contributed by atoms with Crippen LogP contribution in [-0.2, 0) is 9.53 Å². The number of carbonyl (C=O) groups is 1. The number of hydrogen-bond donors (Lipinski definition) is 2. The number of nitrogens with one attached hydrogen (secondary N) is 1. The molecule has 3 N–H and O–H groups in total. The van der Waals surface area contributed by atoms with E-state index in [0.717, 1.165) is 19.5 Å². The van der Waals surface area contributed by atoms with Crippen LogP contribution >= 0.6 is 12.2 Å². The Bertz CT molecular complexity index is 356. The van der Waals surface area contributed by atoms with Crippen molar-refractivity contribution >= 4 is 23.1 Å². The highest BCUT2D eigenvalue weighted by Gasteiger charge is 2.43. The third kappa shape index (κ3) is 3.24. The second-order valence-corrected chi connectivity index (χ2v) is 6.13. The molecule has 0 radical (unpaired) electrons. The lowest BCUT2D eigenvalue weighted by Gasteiger charge is -2.35. The lowest BCUT2D eigenvalue weighted by atomic mass is 9.79. The van der Waals surface area contributed by atoms with E-state index in [-0.39, 0.29) is 5.91 Å². The third-order valence-electron chi connectivity index (χ3n) is 4.29. The van der Waals surface area contributed by atoms with Gasteiger partial charge in [0, 0.05) is 26.3 Å². The smallest absolute Gasteiger partial charge is 0.233 e. The van der Waals surface area contributed by atoms with Gasteiger partial charge in [0.05, 0.1) is 4.99 Å². The van der Waals surface area contributed by atoms with Gasteiger partial charge in [0.1, 0.15) is 5.41 Å². The van der Waals surface area contributed by atoms with Crippen LogP contribution in [0.3, 0.4) is 0 Å². The summed E-state index contributed by atoms with van der Waals surface area (Å²) in [5, 5.41) is 3.05. The molecule has 2 aliphatic heterocycles. The second-order valence-electron chi connectivity index (χ2n) is 5.69. The third-order valence-corrected chi connectivity index (χ3v) is 4.68. The minimum atomic E-state index is -0.696. The molecule has 1 unspecified atom stereocenters. The summed E-state index contributed by atoms with van der Waals surface area (Å²) in [6.45, 7) is 3.97. The maximum Gasteiger partial charge on any atom is 0.233 e. The summed E-state index contributed by atoms with van der Waals surface area (Å²) in [6.07, 6.45) is 2.33. The Balaban J connectivity index is 1.91. The van der Waals surface area contributed by atoms with Crippen LogP contribution < -0.4 is 11.1 Å². The van der Waals surface area contributed by atoms with Crippen LogP contribution in [0.1, 0.15) is 19.3 Å². The fraction of sp³-hybridized carbons (Fsp3) is 0.846. The van der Waals surface area contributed by atoms with Gasteiger partial charge >= 0.3 is 0 Å². The SMILES string of the molecule is CN1CCC(CNC(=O)C2(C(N)=S)CCOCC2)C1. The maximum absolute atomic E-state index is 12.5. The van der Waals surface area contributed by atoms with Crippen molar-refractivity contribution in [3.8, 4) is 0 Å². The quantitative estimate of drug-likeness (QED) is 0.719. The molecule has 0 bridgehead atoms. The van der Waals surface area contributed by atoms with Gasteiger partial charge in [0.25, 0.3) is 0 Å². The summed E-state index contributed by atoms with van der Waals surface area (Å²) in [5.74, 6) is 0.523. The average molecular weight is 285 g/mol. The minimum Gasteiger partial charge on any atom is -0.392 e. The number of hydrogen-bond acceptors (Lipinski definition) is 4. The van der Waals surface area contributed by atoms with Crippen molar-refractivity contribution in [2.45, 2.75) is 19.3 Å². The molecule has 1 atom stereocenters. The molecule has 0 aromatic rings. The number of nitrogens with zero attached hydrogens (tertiary/aromatic N) is 1. The normalized spacial score (nSPS) is 27.1. The highest BCUT2D eigenvalue weighted by atomic mass is 32.1. The molecule has 2 heterocycles. The fourth-order valence-corrected chi connectivity index (χ4v) is 3.20. The maximum atomic E-state index is 12.5. The van der Waals surface area contributed by atoms with E-state index in [9.17, 15) is 4.79 Å². The molecule has 0 aromatic heterocycles. The van der Waals surface area contributed by atoms with Crippen LogP contribution in [0.5, 0.6) is 0 Å². The van der Waals surface area contributed by atoms with E-state index in [2.05, 4.69) is 17.3 Å². The van der Waals surface area contributed by atoms with Crippen molar-refractivity contribution < 1.29 is 9.53 Å². The van der Waals surface area contributed by atoms with Gasteiger partial charge in [0.15, 0.2) is 0 Å². The summed E-state index contributed by atoms with van der Waals surface area (Å²) in [6, 6.07) is 0. The van der Waals surface area contributed by atoms with Crippen molar-refractivity contribution in [3.63, 3.8) is 0 Å². The number of nitrogens with two attached hydrogens (primary N) is 1. The summed E-state index contributed by atoms with van der Waals surface area (Å²) in [7, 11) is 2.11. The number of thiocarbonyl (C=S) groups is 1. The van der Waals surface area contributed by atoms with E-state index < -0.39 is 5.41 Å². The van der Waals surface area contributed by atoms with Gasteiger partial charge in [-0.3, -0.25) is 4.79 Å². The van der Waals surface area contributed by atoms with Crippen molar-refractivity contribution in [2.75, 3.05) is 39.9 Å². The average Bonchev–Trinajstić information content (AvgIpc) is 2.82. The first-order valence-corrected chi connectivity index (χ1v) is 7.30. The Hall–Kier alpha value is -0.720. The van der Waals surface area contributed by atoms with E-state index in [1.54, 1.807) is 0 Å². The standard InChI is InChI=1S/C13H23N3O2S/c1-16-5-2-10(9-16)8-15-12(17)13(11(14)19)3-6-18-7-4-13/h10H,2-9H2,1H3,(H2,14,19)(H,15,17). The molecule has 0 saturated carbocycles. The molecule has 5 nitrogen and oxygen atoms in total. The van der Waals surface area contributed by atoms with Crippen LogP contribution in [0.15, 0.2) is 0 Å². The van der Waals surface area contributed by atoms with Crippen LogP contribution in [-0.4, -0.2) is 55.7 Å². The molecule has 0 spiro atoms. The lowest BCUT2D eigenvalue weighted by Crippen LogP contribution is -2.52. The summed E-state index contributed by atoms with van der Waals surface area (Å²) in [5.41, 5.74) is 5.12. The Kier molecular flexibility index (Phi) is 4.76. The van der Waals surface area contributed by atoms with Gasteiger partial charge in [0.2, 0.25) is 5.91 Å². The number of carbonyl (C=O) groups excluding carboxylic acids is 1. The van der Waals surface area contributed by atoms with E-state index in [1.807, 2.05) is 0 Å². The van der Waals surface area contributed by atoms with E-state index in [0.29, 0.717) is 43.5 Å². The number of amides is 1. The molecule has 19 heavy (non-hydrogen) atoms. The first-order chi connectivity index (χ1) is 9.04. The first kappa shape index (κ1) is 14.7. The lowest BCUT2D eigenvalue weighted by molar-refractivity contribution is -0.131. The molecule has 0 aromatic carbocycles. The van der Waals surface area contributed by atoms with Crippen LogP contribution in [0.4, 0.5) is 0 Å². The van der Waals surface area contributed by atoms with Gasteiger partial charge in [-0.05, 0) is 38.8 Å². The molecule has 2 saturated heterocycles. The van der Waals surface area contributed by atoms with E-state index in [4.69, 9.17) is 22.7 Å². The van der Waals surface area contributed by atoms with Crippen molar-refractivity contribution in [1.82, 2.24) is 10.2 Å². The topological polar surface area (TPSA) is 67.6 Å². The predicted molar refractivity (Wildman–Crippen MR) is 77.9 cm³/mol. The van der Waals surface area contributed by atoms with Crippen LogP contribution in [0.25, 0.3) is 0 Å². The molecule has 1 amide bonds. The minimum absolute atomic E-state index is 0.0159. The van der Waals surface area contributed by atoms with Crippen molar-refractivity contribution in [1.29, 1.82) is 0 Å². The Morgan fingerprint density at radius 3 is 2.74 bits per heavy atom. The molecule has 2 aliphatic rings. The number of likely N-dealkylation sites (tertiary alicyclic amines) is 1.